The molecule has 0 radical (unpaired) electrons. The summed E-state index contributed by atoms with van der Waals surface area (Å²) in [4.78, 5) is 11.7. The fourth-order valence-corrected chi connectivity index (χ4v) is 1.91. The maximum absolute atomic E-state index is 13.6. The zero-order chi connectivity index (χ0) is 14.5. The molecule has 2 nitrogen and oxygen atoms in total. The fraction of sp³-hybridized carbons (Fsp3) is 0.0625. The van der Waals surface area contributed by atoms with E-state index in [4.69, 9.17) is 0 Å². The minimum atomic E-state index is -0.435. The summed E-state index contributed by atoms with van der Waals surface area (Å²) >= 11 is 3.34. The van der Waals surface area contributed by atoms with Crippen LogP contribution in [-0.4, -0.2) is 5.91 Å². The second kappa shape index (κ2) is 6.48. The van der Waals surface area contributed by atoms with Crippen molar-refractivity contribution < 1.29 is 9.18 Å². The van der Waals surface area contributed by atoms with Crippen LogP contribution in [-0.2, 0) is 4.79 Å². The first-order valence-electron chi connectivity index (χ1n) is 6.05. The topological polar surface area (TPSA) is 29.1 Å². The number of anilines is 1. The second-order valence-electron chi connectivity index (χ2n) is 4.36. The molecule has 0 aliphatic carbocycles. The first-order chi connectivity index (χ1) is 9.54. The molecule has 1 amide bonds. The van der Waals surface area contributed by atoms with E-state index in [1.54, 1.807) is 25.1 Å². The normalized spacial score (nSPS) is 10.8. The van der Waals surface area contributed by atoms with Crippen LogP contribution in [0.15, 0.2) is 53.0 Å². The highest BCUT2D eigenvalue weighted by Crippen LogP contribution is 2.15. The van der Waals surface area contributed by atoms with Gasteiger partial charge in [0.1, 0.15) is 5.82 Å². The number of amides is 1. The molecule has 0 unspecified atom stereocenters. The Kier molecular flexibility index (Phi) is 4.69. The maximum Gasteiger partial charge on any atom is 0.248 e. The molecule has 0 aromatic heterocycles. The Labute approximate surface area is 125 Å². The Morgan fingerprint density at radius 2 is 1.90 bits per heavy atom. The van der Waals surface area contributed by atoms with E-state index in [0.717, 1.165) is 15.6 Å². The van der Waals surface area contributed by atoms with Gasteiger partial charge in [0.15, 0.2) is 0 Å². The summed E-state index contributed by atoms with van der Waals surface area (Å²) in [6.07, 6.45) is 3.05. The van der Waals surface area contributed by atoms with Gasteiger partial charge >= 0.3 is 0 Å². The predicted molar refractivity (Wildman–Crippen MR) is 82.9 cm³/mol. The molecular weight excluding hydrogens is 321 g/mol. The quantitative estimate of drug-likeness (QED) is 0.820. The average molecular weight is 334 g/mol. The minimum Gasteiger partial charge on any atom is -0.320 e. The van der Waals surface area contributed by atoms with Gasteiger partial charge in [-0.2, -0.15) is 0 Å². The zero-order valence-electron chi connectivity index (χ0n) is 10.9. The molecule has 102 valence electrons. The molecule has 0 saturated carbocycles. The van der Waals surface area contributed by atoms with Crippen molar-refractivity contribution in [1.82, 2.24) is 0 Å². The van der Waals surface area contributed by atoms with Gasteiger partial charge in [0.25, 0.3) is 0 Å². The summed E-state index contributed by atoms with van der Waals surface area (Å²) in [5.74, 6) is -0.800. The highest BCUT2D eigenvalue weighted by molar-refractivity contribution is 9.10. The summed E-state index contributed by atoms with van der Waals surface area (Å²) in [6.45, 7) is 1.79. The number of hydrogen-bond acceptors (Lipinski definition) is 1. The van der Waals surface area contributed by atoms with Crippen molar-refractivity contribution in [2.24, 2.45) is 0 Å². The van der Waals surface area contributed by atoms with Crippen LogP contribution in [0.2, 0.25) is 0 Å². The summed E-state index contributed by atoms with van der Waals surface area (Å²) in [5.41, 5.74) is 1.89. The van der Waals surface area contributed by atoms with Gasteiger partial charge in [-0.3, -0.25) is 4.79 Å². The van der Waals surface area contributed by atoms with Crippen molar-refractivity contribution >= 4 is 33.6 Å². The van der Waals surface area contributed by atoms with Crippen molar-refractivity contribution in [3.05, 3.63) is 70.0 Å². The molecule has 20 heavy (non-hydrogen) atoms. The van der Waals surface area contributed by atoms with Crippen LogP contribution in [0.3, 0.4) is 0 Å². The molecule has 0 heterocycles. The van der Waals surface area contributed by atoms with Gasteiger partial charge < -0.3 is 5.32 Å². The Morgan fingerprint density at radius 3 is 2.55 bits per heavy atom. The van der Waals surface area contributed by atoms with Crippen LogP contribution < -0.4 is 5.32 Å². The third kappa shape index (κ3) is 4.03. The molecular formula is C16H13BrFNO. The van der Waals surface area contributed by atoms with Gasteiger partial charge in [0.05, 0.1) is 5.69 Å². The summed E-state index contributed by atoms with van der Waals surface area (Å²) < 4.78 is 14.5. The van der Waals surface area contributed by atoms with E-state index in [2.05, 4.69) is 21.2 Å². The van der Waals surface area contributed by atoms with E-state index >= 15 is 0 Å². The lowest BCUT2D eigenvalue weighted by molar-refractivity contribution is -0.111. The highest BCUT2D eigenvalue weighted by atomic mass is 79.9. The first-order valence-corrected chi connectivity index (χ1v) is 6.85. The number of rotatable bonds is 3. The van der Waals surface area contributed by atoms with E-state index in [-0.39, 0.29) is 11.6 Å². The molecule has 4 heteroatoms. The predicted octanol–water partition coefficient (Wildman–Crippen LogP) is 4.55. The molecule has 0 aliphatic rings. The van der Waals surface area contributed by atoms with E-state index in [9.17, 15) is 9.18 Å². The van der Waals surface area contributed by atoms with E-state index in [1.807, 2.05) is 24.3 Å². The third-order valence-electron chi connectivity index (χ3n) is 2.68. The fourth-order valence-electron chi connectivity index (χ4n) is 1.64. The Balaban J connectivity index is 2.03. The van der Waals surface area contributed by atoms with Crippen LogP contribution in [0.25, 0.3) is 6.08 Å². The molecule has 0 bridgehead atoms. The molecule has 2 aromatic rings. The van der Waals surface area contributed by atoms with Gasteiger partial charge in [-0.25, -0.2) is 4.39 Å². The molecule has 1 N–H and O–H groups in total. The first kappa shape index (κ1) is 14.5. The van der Waals surface area contributed by atoms with E-state index in [1.165, 1.54) is 12.1 Å². The lowest BCUT2D eigenvalue weighted by Crippen LogP contribution is -2.09. The molecule has 2 aromatic carbocycles. The minimum absolute atomic E-state index is 0.182. The number of halogens is 2. The van der Waals surface area contributed by atoms with Gasteiger partial charge in [0, 0.05) is 10.5 Å². The molecule has 0 spiro atoms. The van der Waals surface area contributed by atoms with Crippen LogP contribution in [0, 0.1) is 12.7 Å². The Hall–Kier alpha value is -1.94. The standard InChI is InChI=1S/C16H13BrFNO/c1-11-2-8-15(14(18)10-11)19-16(20)9-5-12-3-6-13(17)7-4-12/h2-10H,1H3,(H,19,20)/b9-5+. The summed E-state index contributed by atoms with van der Waals surface area (Å²) in [7, 11) is 0. The lowest BCUT2D eigenvalue weighted by atomic mass is 10.2. The number of carbonyl (C=O) groups is 1. The van der Waals surface area contributed by atoms with Crippen molar-refractivity contribution in [1.29, 1.82) is 0 Å². The Bertz CT molecular complexity index is 650. The maximum atomic E-state index is 13.6. The van der Waals surface area contributed by atoms with Gasteiger partial charge in [-0.05, 0) is 48.4 Å². The monoisotopic (exact) mass is 333 g/mol. The number of hydrogen-bond donors (Lipinski definition) is 1. The molecule has 0 atom stereocenters. The van der Waals surface area contributed by atoms with Gasteiger partial charge in [-0.15, -0.1) is 0 Å². The van der Waals surface area contributed by atoms with Crippen LogP contribution >= 0.6 is 15.9 Å². The zero-order valence-corrected chi connectivity index (χ0v) is 12.4. The molecule has 2 rings (SSSR count). The van der Waals surface area contributed by atoms with Crippen LogP contribution in [0.5, 0.6) is 0 Å². The second-order valence-corrected chi connectivity index (χ2v) is 5.27. The van der Waals surface area contributed by atoms with Gasteiger partial charge in [-0.1, -0.05) is 34.1 Å². The van der Waals surface area contributed by atoms with Crippen LogP contribution in [0.1, 0.15) is 11.1 Å². The van der Waals surface area contributed by atoms with E-state index in [0.29, 0.717) is 0 Å². The average Bonchev–Trinajstić information content (AvgIpc) is 2.41. The molecule has 0 aliphatic heterocycles. The summed E-state index contributed by atoms with van der Waals surface area (Å²) in [5, 5.41) is 2.51. The number of nitrogens with one attached hydrogen (secondary N) is 1. The van der Waals surface area contributed by atoms with Crippen molar-refractivity contribution in [2.45, 2.75) is 6.92 Å². The molecule has 0 fully saturated rings. The van der Waals surface area contributed by atoms with E-state index < -0.39 is 5.82 Å². The number of carbonyl (C=O) groups excluding carboxylic acids is 1. The largest absolute Gasteiger partial charge is 0.320 e. The summed E-state index contributed by atoms with van der Waals surface area (Å²) in [6, 6.07) is 12.2. The number of benzene rings is 2. The SMILES string of the molecule is Cc1ccc(NC(=O)/C=C/c2ccc(Br)cc2)c(F)c1. The number of aryl methyl sites for hydroxylation is 1. The third-order valence-corrected chi connectivity index (χ3v) is 3.21. The van der Waals surface area contributed by atoms with Crippen molar-refractivity contribution in [2.75, 3.05) is 5.32 Å². The van der Waals surface area contributed by atoms with Gasteiger partial charge in [0.2, 0.25) is 5.91 Å². The van der Waals surface area contributed by atoms with Crippen molar-refractivity contribution in [3.63, 3.8) is 0 Å². The lowest BCUT2D eigenvalue weighted by Gasteiger charge is -2.04. The van der Waals surface area contributed by atoms with Crippen LogP contribution in [0.4, 0.5) is 10.1 Å². The Morgan fingerprint density at radius 1 is 1.20 bits per heavy atom. The highest BCUT2D eigenvalue weighted by Gasteiger charge is 2.04. The molecule has 0 saturated heterocycles. The smallest absolute Gasteiger partial charge is 0.248 e. The van der Waals surface area contributed by atoms with Crippen molar-refractivity contribution in [3.8, 4) is 0 Å².